The van der Waals surface area contributed by atoms with Crippen molar-refractivity contribution in [2.75, 3.05) is 6.79 Å². The van der Waals surface area contributed by atoms with Crippen LogP contribution < -0.4 is 20.3 Å². The number of halogens is 1. The van der Waals surface area contributed by atoms with Gasteiger partial charge in [-0.1, -0.05) is 0 Å². The number of hydrazine groups is 1. The Labute approximate surface area is 165 Å². The van der Waals surface area contributed by atoms with E-state index in [1.165, 1.54) is 18.2 Å². The third-order valence-electron chi connectivity index (χ3n) is 4.51. The van der Waals surface area contributed by atoms with Gasteiger partial charge in [0.1, 0.15) is 5.82 Å². The highest BCUT2D eigenvalue weighted by Crippen LogP contribution is 2.32. The van der Waals surface area contributed by atoms with Crippen molar-refractivity contribution in [2.45, 2.75) is 13.8 Å². The molecule has 0 spiro atoms. The molecule has 1 aliphatic rings. The molecule has 2 amide bonds. The number of amides is 2. The monoisotopic (exact) mass is 396 g/mol. The van der Waals surface area contributed by atoms with Gasteiger partial charge in [0.05, 0.1) is 22.6 Å². The van der Waals surface area contributed by atoms with Crippen LogP contribution in [0.5, 0.6) is 11.5 Å². The highest BCUT2D eigenvalue weighted by Gasteiger charge is 2.21. The van der Waals surface area contributed by atoms with Crippen molar-refractivity contribution in [3.63, 3.8) is 0 Å². The molecular formula is C20H17FN4O4. The molecule has 0 atom stereocenters. The molecule has 2 heterocycles. The number of nitrogens with one attached hydrogen (secondary N) is 2. The Bertz CT molecular complexity index is 1110. The summed E-state index contributed by atoms with van der Waals surface area (Å²) in [5.74, 6) is -0.346. The lowest BCUT2D eigenvalue weighted by Gasteiger charge is -2.09. The van der Waals surface area contributed by atoms with Crippen LogP contribution in [-0.2, 0) is 0 Å². The van der Waals surface area contributed by atoms with E-state index < -0.39 is 11.8 Å². The molecule has 4 rings (SSSR count). The summed E-state index contributed by atoms with van der Waals surface area (Å²) in [6.45, 7) is 3.51. The van der Waals surface area contributed by atoms with Gasteiger partial charge in [-0.3, -0.25) is 20.4 Å². The van der Waals surface area contributed by atoms with Gasteiger partial charge in [-0.15, -0.1) is 0 Å². The molecule has 0 bridgehead atoms. The van der Waals surface area contributed by atoms with E-state index in [-0.39, 0.29) is 12.6 Å². The van der Waals surface area contributed by atoms with Gasteiger partial charge in [-0.2, -0.15) is 5.10 Å². The Kier molecular flexibility index (Phi) is 4.63. The number of carbonyl (C=O) groups is 2. The second-order valence-electron chi connectivity index (χ2n) is 6.41. The molecule has 0 fully saturated rings. The molecule has 2 N–H and O–H groups in total. The van der Waals surface area contributed by atoms with Gasteiger partial charge in [0.25, 0.3) is 11.8 Å². The number of hydrogen-bond donors (Lipinski definition) is 2. The molecule has 0 aliphatic carbocycles. The van der Waals surface area contributed by atoms with Crippen LogP contribution in [0.15, 0.2) is 42.5 Å². The minimum Gasteiger partial charge on any atom is -0.454 e. The van der Waals surface area contributed by atoms with E-state index in [1.54, 1.807) is 42.8 Å². The molecule has 29 heavy (non-hydrogen) atoms. The van der Waals surface area contributed by atoms with E-state index in [4.69, 9.17) is 9.47 Å². The molecule has 9 heteroatoms. The van der Waals surface area contributed by atoms with E-state index in [0.29, 0.717) is 39.7 Å². The lowest BCUT2D eigenvalue weighted by Crippen LogP contribution is -2.42. The van der Waals surface area contributed by atoms with Crippen LogP contribution in [0.25, 0.3) is 5.69 Å². The molecule has 148 valence electrons. The van der Waals surface area contributed by atoms with Crippen LogP contribution >= 0.6 is 0 Å². The highest BCUT2D eigenvalue weighted by atomic mass is 19.1. The van der Waals surface area contributed by atoms with Crippen LogP contribution in [0.1, 0.15) is 32.1 Å². The number of ether oxygens (including phenoxy) is 2. The minimum absolute atomic E-state index is 0.105. The highest BCUT2D eigenvalue weighted by molar-refractivity contribution is 6.00. The Morgan fingerprint density at radius 2 is 1.69 bits per heavy atom. The zero-order valence-electron chi connectivity index (χ0n) is 15.7. The van der Waals surface area contributed by atoms with Gasteiger partial charge < -0.3 is 9.47 Å². The summed E-state index contributed by atoms with van der Waals surface area (Å²) in [5.41, 5.74) is 7.06. The topological polar surface area (TPSA) is 94.5 Å². The number of aryl methyl sites for hydroxylation is 1. The summed E-state index contributed by atoms with van der Waals surface area (Å²) < 4.78 is 25.2. The Balaban J connectivity index is 1.49. The van der Waals surface area contributed by atoms with Gasteiger partial charge in [0.2, 0.25) is 6.79 Å². The number of carbonyl (C=O) groups excluding carboxylic acids is 2. The van der Waals surface area contributed by atoms with E-state index in [1.807, 2.05) is 0 Å². The molecule has 8 nitrogen and oxygen atoms in total. The summed E-state index contributed by atoms with van der Waals surface area (Å²) in [5, 5.41) is 4.35. The van der Waals surface area contributed by atoms with E-state index in [9.17, 15) is 14.0 Å². The molecule has 1 aromatic heterocycles. The van der Waals surface area contributed by atoms with Crippen LogP contribution in [0.2, 0.25) is 0 Å². The fourth-order valence-electron chi connectivity index (χ4n) is 3.09. The van der Waals surface area contributed by atoms with Crippen molar-refractivity contribution in [2.24, 2.45) is 0 Å². The average Bonchev–Trinajstić information content (AvgIpc) is 3.30. The smallest absolute Gasteiger partial charge is 0.273 e. The fourth-order valence-corrected chi connectivity index (χ4v) is 3.09. The van der Waals surface area contributed by atoms with Crippen LogP contribution in [-0.4, -0.2) is 28.4 Å². The minimum atomic E-state index is -0.512. The van der Waals surface area contributed by atoms with Crippen LogP contribution in [0.3, 0.4) is 0 Å². The van der Waals surface area contributed by atoms with Gasteiger partial charge in [-0.05, 0) is 56.3 Å². The zero-order valence-corrected chi connectivity index (χ0v) is 15.7. The van der Waals surface area contributed by atoms with Crippen LogP contribution in [0.4, 0.5) is 4.39 Å². The number of nitrogens with zero attached hydrogens (tertiary/aromatic N) is 2. The number of fused-ring (bicyclic) bond motifs is 1. The molecular weight excluding hydrogens is 379 g/mol. The fraction of sp³-hybridized carbons (Fsp3) is 0.150. The predicted octanol–water partition coefficient (Wildman–Crippen LogP) is 2.43. The van der Waals surface area contributed by atoms with Crippen molar-refractivity contribution in [3.8, 4) is 17.2 Å². The normalized spacial score (nSPS) is 12.0. The molecule has 0 unspecified atom stereocenters. The molecule has 0 radical (unpaired) electrons. The van der Waals surface area contributed by atoms with Gasteiger partial charge in [-0.25, -0.2) is 9.07 Å². The zero-order chi connectivity index (χ0) is 20.5. The third-order valence-corrected chi connectivity index (χ3v) is 4.51. The molecule has 3 aromatic rings. The predicted molar refractivity (Wildman–Crippen MR) is 100 cm³/mol. The number of benzene rings is 2. The van der Waals surface area contributed by atoms with Gasteiger partial charge >= 0.3 is 0 Å². The number of hydrogen-bond acceptors (Lipinski definition) is 5. The average molecular weight is 396 g/mol. The first-order chi connectivity index (χ1) is 13.9. The quantitative estimate of drug-likeness (QED) is 0.663. The molecule has 0 saturated heterocycles. The molecule has 1 aliphatic heterocycles. The molecule has 0 saturated carbocycles. The van der Waals surface area contributed by atoms with E-state index in [2.05, 4.69) is 16.0 Å². The summed E-state index contributed by atoms with van der Waals surface area (Å²) in [7, 11) is 0. The number of rotatable bonds is 3. The first kappa shape index (κ1) is 18.5. The van der Waals surface area contributed by atoms with Crippen LogP contribution in [0, 0.1) is 19.7 Å². The van der Waals surface area contributed by atoms with Crippen molar-refractivity contribution in [1.29, 1.82) is 0 Å². The third kappa shape index (κ3) is 3.49. The lowest BCUT2D eigenvalue weighted by atomic mass is 10.2. The number of aromatic nitrogens is 2. The van der Waals surface area contributed by atoms with Crippen molar-refractivity contribution in [1.82, 2.24) is 20.6 Å². The van der Waals surface area contributed by atoms with Crippen molar-refractivity contribution >= 4 is 11.8 Å². The summed E-state index contributed by atoms with van der Waals surface area (Å²) in [6.07, 6.45) is 0. The maximum Gasteiger partial charge on any atom is 0.273 e. The maximum absolute atomic E-state index is 13.2. The van der Waals surface area contributed by atoms with Crippen molar-refractivity contribution in [3.05, 3.63) is 70.8 Å². The van der Waals surface area contributed by atoms with E-state index in [0.717, 1.165) is 0 Å². The Morgan fingerprint density at radius 3 is 2.45 bits per heavy atom. The SMILES string of the molecule is Cc1nn(-c2ccc(F)cc2)c(C)c1C(=O)NNC(=O)c1ccc2c(c1)OCO2. The first-order valence-corrected chi connectivity index (χ1v) is 8.76. The summed E-state index contributed by atoms with van der Waals surface area (Å²) in [4.78, 5) is 25.0. The Hall–Kier alpha value is -3.88. The lowest BCUT2D eigenvalue weighted by molar-refractivity contribution is 0.0845. The van der Waals surface area contributed by atoms with Gasteiger partial charge in [0.15, 0.2) is 11.5 Å². The first-order valence-electron chi connectivity index (χ1n) is 8.76. The standard InChI is InChI=1S/C20H17FN4O4/c1-11-18(12(2)25(24-11)15-6-4-14(21)5-7-15)20(27)23-22-19(26)13-3-8-16-17(9-13)29-10-28-16/h3-9H,10H2,1-2H3,(H,22,26)(H,23,27). The van der Waals surface area contributed by atoms with Gasteiger partial charge in [0, 0.05) is 5.56 Å². The Morgan fingerprint density at radius 1 is 1.00 bits per heavy atom. The summed E-state index contributed by atoms with van der Waals surface area (Å²) in [6, 6.07) is 10.5. The second-order valence-corrected chi connectivity index (χ2v) is 6.41. The van der Waals surface area contributed by atoms with Crippen molar-refractivity contribution < 1.29 is 23.5 Å². The molecule has 2 aromatic carbocycles. The second kappa shape index (κ2) is 7.27. The van der Waals surface area contributed by atoms with E-state index >= 15 is 0 Å². The maximum atomic E-state index is 13.2. The largest absolute Gasteiger partial charge is 0.454 e. The summed E-state index contributed by atoms with van der Waals surface area (Å²) >= 11 is 0.